The van der Waals surface area contributed by atoms with Crippen molar-refractivity contribution in [1.82, 2.24) is 19.1 Å². The van der Waals surface area contributed by atoms with Crippen LogP contribution < -0.4 is 5.56 Å². The van der Waals surface area contributed by atoms with Gasteiger partial charge in [0, 0.05) is 18.8 Å². The molecule has 3 aromatic heterocycles. The first-order valence-corrected chi connectivity index (χ1v) is 7.37. The molecule has 3 aromatic rings. The standard InChI is InChI=1S/C14H16N4OS/c1-9-6-20-13-12(9)16-8-18(14(13)19)5-4-17-7-15-10(2)11(17)3/h6-8H,4-5H2,1-3H3. The first kappa shape index (κ1) is 13.1. The molecule has 0 bridgehead atoms. The fraction of sp³-hybridized carbons (Fsp3) is 0.357. The van der Waals surface area contributed by atoms with E-state index >= 15 is 0 Å². The van der Waals surface area contributed by atoms with E-state index in [2.05, 4.69) is 14.5 Å². The molecule has 0 amide bonds. The van der Waals surface area contributed by atoms with Crippen LogP contribution in [0.4, 0.5) is 0 Å². The first-order valence-electron chi connectivity index (χ1n) is 6.49. The average Bonchev–Trinajstić information content (AvgIpc) is 2.96. The van der Waals surface area contributed by atoms with Crippen LogP contribution in [0.2, 0.25) is 0 Å². The van der Waals surface area contributed by atoms with Crippen LogP contribution >= 0.6 is 11.3 Å². The number of nitrogens with zero attached hydrogens (tertiary/aromatic N) is 4. The highest BCUT2D eigenvalue weighted by atomic mass is 32.1. The summed E-state index contributed by atoms with van der Waals surface area (Å²) in [7, 11) is 0. The van der Waals surface area contributed by atoms with Crippen molar-refractivity contribution >= 4 is 21.6 Å². The molecular weight excluding hydrogens is 272 g/mol. The van der Waals surface area contributed by atoms with Crippen molar-refractivity contribution in [3.05, 3.63) is 45.3 Å². The Morgan fingerprint density at radius 2 is 1.80 bits per heavy atom. The third-order valence-corrected chi connectivity index (χ3v) is 4.73. The van der Waals surface area contributed by atoms with Crippen molar-refractivity contribution in [3.8, 4) is 0 Å². The van der Waals surface area contributed by atoms with Gasteiger partial charge < -0.3 is 4.57 Å². The summed E-state index contributed by atoms with van der Waals surface area (Å²) in [5.41, 5.74) is 4.10. The van der Waals surface area contributed by atoms with Gasteiger partial charge >= 0.3 is 0 Å². The van der Waals surface area contributed by atoms with Crippen molar-refractivity contribution in [3.63, 3.8) is 0 Å². The Kier molecular flexibility index (Phi) is 3.17. The highest BCUT2D eigenvalue weighted by Crippen LogP contribution is 2.19. The lowest BCUT2D eigenvalue weighted by Crippen LogP contribution is -2.22. The third-order valence-electron chi connectivity index (χ3n) is 3.65. The molecule has 0 N–H and O–H groups in total. The number of fused-ring (bicyclic) bond motifs is 1. The normalized spacial score (nSPS) is 11.3. The summed E-state index contributed by atoms with van der Waals surface area (Å²) < 4.78 is 4.47. The van der Waals surface area contributed by atoms with Gasteiger partial charge in [-0.3, -0.25) is 9.36 Å². The molecule has 5 nitrogen and oxygen atoms in total. The second kappa shape index (κ2) is 4.86. The molecule has 0 aliphatic heterocycles. The first-order chi connectivity index (χ1) is 9.58. The van der Waals surface area contributed by atoms with Crippen molar-refractivity contribution in [2.24, 2.45) is 0 Å². The van der Waals surface area contributed by atoms with E-state index in [1.165, 1.54) is 11.3 Å². The maximum atomic E-state index is 12.4. The minimum absolute atomic E-state index is 0.0441. The van der Waals surface area contributed by atoms with Crippen LogP contribution in [0.5, 0.6) is 0 Å². The molecule has 0 radical (unpaired) electrons. The Morgan fingerprint density at radius 1 is 1.10 bits per heavy atom. The van der Waals surface area contributed by atoms with Gasteiger partial charge in [0.25, 0.3) is 5.56 Å². The van der Waals surface area contributed by atoms with E-state index < -0.39 is 0 Å². The zero-order valence-electron chi connectivity index (χ0n) is 11.8. The summed E-state index contributed by atoms with van der Waals surface area (Å²) in [4.78, 5) is 21.0. The summed E-state index contributed by atoms with van der Waals surface area (Å²) in [5.74, 6) is 0. The van der Waals surface area contributed by atoms with Gasteiger partial charge in [-0.1, -0.05) is 0 Å². The van der Waals surface area contributed by atoms with Gasteiger partial charge in [-0.2, -0.15) is 0 Å². The second-order valence-electron chi connectivity index (χ2n) is 4.95. The molecule has 3 heterocycles. The molecule has 0 unspecified atom stereocenters. The minimum atomic E-state index is 0.0441. The maximum Gasteiger partial charge on any atom is 0.271 e. The number of hydrogen-bond donors (Lipinski definition) is 0. The van der Waals surface area contributed by atoms with E-state index in [9.17, 15) is 4.79 Å². The van der Waals surface area contributed by atoms with Crippen LogP contribution in [-0.4, -0.2) is 19.1 Å². The van der Waals surface area contributed by atoms with E-state index in [0.717, 1.165) is 33.7 Å². The highest BCUT2D eigenvalue weighted by Gasteiger charge is 2.09. The number of aryl methyl sites for hydroxylation is 4. The van der Waals surface area contributed by atoms with Crippen molar-refractivity contribution in [2.75, 3.05) is 0 Å². The summed E-state index contributed by atoms with van der Waals surface area (Å²) in [6.07, 6.45) is 3.46. The van der Waals surface area contributed by atoms with Crippen LogP contribution in [0.25, 0.3) is 10.2 Å². The molecule has 0 atom stereocenters. The highest BCUT2D eigenvalue weighted by molar-refractivity contribution is 7.17. The number of aromatic nitrogens is 4. The molecule has 104 valence electrons. The van der Waals surface area contributed by atoms with Gasteiger partial charge in [0.2, 0.25) is 0 Å². The number of imidazole rings is 1. The monoisotopic (exact) mass is 288 g/mol. The van der Waals surface area contributed by atoms with Crippen LogP contribution in [0.15, 0.2) is 22.8 Å². The summed E-state index contributed by atoms with van der Waals surface area (Å²) in [5, 5.41) is 1.98. The summed E-state index contributed by atoms with van der Waals surface area (Å²) in [6, 6.07) is 0. The molecule has 0 aliphatic carbocycles. The number of hydrogen-bond acceptors (Lipinski definition) is 4. The smallest absolute Gasteiger partial charge is 0.271 e. The van der Waals surface area contributed by atoms with E-state index in [1.807, 2.05) is 32.5 Å². The fourth-order valence-corrected chi connectivity index (χ4v) is 3.15. The van der Waals surface area contributed by atoms with E-state index in [-0.39, 0.29) is 5.56 Å². The molecular formula is C14H16N4OS. The Labute approximate surface area is 120 Å². The zero-order valence-corrected chi connectivity index (χ0v) is 12.6. The molecule has 0 aliphatic rings. The topological polar surface area (TPSA) is 52.7 Å². The van der Waals surface area contributed by atoms with E-state index in [0.29, 0.717) is 6.54 Å². The zero-order chi connectivity index (χ0) is 14.3. The van der Waals surface area contributed by atoms with Gasteiger partial charge in [-0.15, -0.1) is 11.3 Å². The van der Waals surface area contributed by atoms with Gasteiger partial charge in [-0.05, 0) is 31.7 Å². The molecule has 0 spiro atoms. The van der Waals surface area contributed by atoms with Crippen molar-refractivity contribution in [1.29, 1.82) is 0 Å². The lowest BCUT2D eigenvalue weighted by Gasteiger charge is -2.08. The van der Waals surface area contributed by atoms with Crippen LogP contribution in [0.1, 0.15) is 17.0 Å². The lowest BCUT2D eigenvalue weighted by molar-refractivity contribution is 0.554. The minimum Gasteiger partial charge on any atom is -0.333 e. The van der Waals surface area contributed by atoms with E-state index in [1.54, 1.807) is 10.9 Å². The largest absolute Gasteiger partial charge is 0.333 e. The Bertz CT molecular complexity index is 827. The fourth-order valence-electron chi connectivity index (χ4n) is 2.20. The molecule has 3 rings (SSSR count). The lowest BCUT2D eigenvalue weighted by atomic mass is 10.3. The summed E-state index contributed by atoms with van der Waals surface area (Å²) in [6.45, 7) is 7.34. The predicted octanol–water partition coefficient (Wildman–Crippen LogP) is 2.28. The molecule has 0 aromatic carbocycles. The van der Waals surface area contributed by atoms with Crippen LogP contribution in [0.3, 0.4) is 0 Å². The molecule has 20 heavy (non-hydrogen) atoms. The molecule has 0 saturated carbocycles. The Morgan fingerprint density at radius 3 is 2.50 bits per heavy atom. The Hall–Kier alpha value is -1.95. The SMILES string of the molecule is Cc1ncn(CCn2cnc3c(C)csc3c2=O)c1C. The Balaban J connectivity index is 1.90. The van der Waals surface area contributed by atoms with Crippen molar-refractivity contribution < 1.29 is 0 Å². The third kappa shape index (κ3) is 2.06. The second-order valence-corrected chi connectivity index (χ2v) is 5.83. The molecule has 6 heteroatoms. The quantitative estimate of drug-likeness (QED) is 0.743. The van der Waals surface area contributed by atoms with Gasteiger partial charge in [0.15, 0.2) is 0 Å². The number of thiophene rings is 1. The van der Waals surface area contributed by atoms with Gasteiger partial charge in [0.05, 0.1) is 23.9 Å². The van der Waals surface area contributed by atoms with Gasteiger partial charge in [0.1, 0.15) is 4.70 Å². The van der Waals surface area contributed by atoms with E-state index in [4.69, 9.17) is 0 Å². The molecule has 0 fully saturated rings. The van der Waals surface area contributed by atoms with Crippen LogP contribution in [0, 0.1) is 20.8 Å². The predicted molar refractivity (Wildman–Crippen MR) is 80.3 cm³/mol. The average molecular weight is 288 g/mol. The van der Waals surface area contributed by atoms with Crippen LogP contribution in [-0.2, 0) is 13.1 Å². The molecule has 0 saturated heterocycles. The summed E-state index contributed by atoms with van der Waals surface area (Å²) >= 11 is 1.47. The number of rotatable bonds is 3. The van der Waals surface area contributed by atoms with Gasteiger partial charge in [-0.25, -0.2) is 9.97 Å². The maximum absolute atomic E-state index is 12.4. The van der Waals surface area contributed by atoms with Crippen molar-refractivity contribution in [2.45, 2.75) is 33.9 Å².